The number of anilines is 2. The molecule has 2 aromatic rings. The molecule has 138 valence electrons. The Morgan fingerprint density at radius 1 is 1.22 bits per heavy atom. The van der Waals surface area contributed by atoms with Crippen LogP contribution >= 0.6 is 24.0 Å². The van der Waals surface area contributed by atoms with Crippen LogP contribution in [0.25, 0.3) is 0 Å². The molecule has 1 atom stereocenters. The number of thioether (sulfide) groups is 1. The maximum absolute atomic E-state index is 10.7. The first-order valence-electron chi connectivity index (χ1n) is 8.46. The quantitative estimate of drug-likeness (QED) is 0.459. The smallest absolute Gasteiger partial charge is 0.269 e. The summed E-state index contributed by atoms with van der Waals surface area (Å²) in [6.45, 7) is 2.00. The Kier molecular flexibility index (Phi) is 4.95. The molecule has 2 N–H and O–H groups in total. The van der Waals surface area contributed by atoms with Crippen molar-refractivity contribution in [2.45, 2.75) is 6.04 Å². The Hall–Kier alpha value is -2.65. The van der Waals surface area contributed by atoms with Crippen LogP contribution < -0.4 is 10.6 Å². The van der Waals surface area contributed by atoms with Crippen molar-refractivity contribution in [2.24, 2.45) is 4.99 Å². The molecule has 7 nitrogen and oxygen atoms in total. The summed E-state index contributed by atoms with van der Waals surface area (Å²) in [4.78, 5) is 17.4. The van der Waals surface area contributed by atoms with Crippen molar-refractivity contribution in [3.8, 4) is 0 Å². The lowest BCUT2D eigenvalue weighted by Crippen LogP contribution is -2.22. The van der Waals surface area contributed by atoms with Gasteiger partial charge in [-0.05, 0) is 42.0 Å². The highest BCUT2D eigenvalue weighted by Gasteiger charge is 2.30. The van der Waals surface area contributed by atoms with Gasteiger partial charge in [0.1, 0.15) is 0 Å². The number of benzene rings is 2. The van der Waals surface area contributed by atoms with E-state index in [2.05, 4.69) is 27.7 Å². The average Bonchev–Trinajstić information content (AvgIpc) is 3.24. The van der Waals surface area contributed by atoms with Crippen molar-refractivity contribution in [1.82, 2.24) is 4.90 Å². The molecular formula is C18H17N5O2S2. The summed E-state index contributed by atoms with van der Waals surface area (Å²) in [7, 11) is 0. The summed E-state index contributed by atoms with van der Waals surface area (Å²) in [5.74, 6) is 1.12. The van der Waals surface area contributed by atoms with Gasteiger partial charge in [-0.3, -0.25) is 15.1 Å². The Balaban J connectivity index is 1.40. The van der Waals surface area contributed by atoms with E-state index in [-0.39, 0.29) is 11.7 Å². The third kappa shape index (κ3) is 4.04. The first-order valence-corrected chi connectivity index (χ1v) is 9.86. The molecule has 4 rings (SSSR count). The van der Waals surface area contributed by atoms with Gasteiger partial charge in [-0.2, -0.15) is 0 Å². The number of thiocarbonyl (C=S) groups is 1. The zero-order chi connectivity index (χ0) is 18.8. The molecule has 0 radical (unpaired) electrons. The zero-order valence-corrected chi connectivity index (χ0v) is 15.9. The fourth-order valence-corrected chi connectivity index (χ4v) is 4.35. The number of non-ortho nitro benzene ring substituents is 1. The van der Waals surface area contributed by atoms with Crippen LogP contribution in [0, 0.1) is 10.1 Å². The van der Waals surface area contributed by atoms with Crippen LogP contribution in [0.3, 0.4) is 0 Å². The molecule has 0 saturated carbocycles. The molecule has 9 heteroatoms. The van der Waals surface area contributed by atoms with E-state index in [0.29, 0.717) is 10.8 Å². The molecule has 2 aliphatic heterocycles. The highest BCUT2D eigenvalue weighted by molar-refractivity contribution is 8.14. The first kappa shape index (κ1) is 17.7. The predicted octanol–water partition coefficient (Wildman–Crippen LogP) is 3.86. The van der Waals surface area contributed by atoms with E-state index in [0.717, 1.165) is 35.3 Å². The number of amidine groups is 1. The fraction of sp³-hybridized carbons (Fsp3) is 0.222. The lowest BCUT2D eigenvalue weighted by molar-refractivity contribution is -0.384. The summed E-state index contributed by atoms with van der Waals surface area (Å²) in [6, 6.07) is 14.4. The van der Waals surface area contributed by atoms with Gasteiger partial charge in [0, 0.05) is 42.3 Å². The minimum Gasteiger partial charge on any atom is -0.348 e. The van der Waals surface area contributed by atoms with Crippen molar-refractivity contribution >= 4 is 51.3 Å². The summed E-state index contributed by atoms with van der Waals surface area (Å²) in [5, 5.41) is 18.5. The molecular weight excluding hydrogens is 382 g/mol. The minimum absolute atomic E-state index is 0.0454. The zero-order valence-electron chi connectivity index (χ0n) is 14.3. The Bertz CT molecular complexity index is 916. The molecule has 1 unspecified atom stereocenters. The minimum atomic E-state index is -0.429. The molecule has 0 amide bonds. The molecule has 2 heterocycles. The van der Waals surface area contributed by atoms with E-state index in [9.17, 15) is 10.1 Å². The van der Waals surface area contributed by atoms with Crippen molar-refractivity contribution in [2.75, 3.05) is 29.5 Å². The van der Waals surface area contributed by atoms with Gasteiger partial charge in [0.2, 0.25) is 0 Å². The second-order valence-corrected chi connectivity index (χ2v) is 7.70. The van der Waals surface area contributed by atoms with Crippen molar-refractivity contribution in [3.05, 3.63) is 64.2 Å². The molecule has 2 aromatic carbocycles. The van der Waals surface area contributed by atoms with Gasteiger partial charge in [0.15, 0.2) is 10.3 Å². The monoisotopic (exact) mass is 399 g/mol. The standard InChI is InChI=1S/C18H17N5O2S2/c24-23(25)15-6-4-13(5-7-15)19-17(26)20-14-3-1-2-12(10-14)16-11-22-8-9-27-18(22)21-16/h1-7,10,16H,8-9,11H2,(H2,19,20,26). The van der Waals surface area contributed by atoms with E-state index >= 15 is 0 Å². The average molecular weight is 400 g/mol. The Morgan fingerprint density at radius 2 is 2.00 bits per heavy atom. The number of rotatable bonds is 4. The first-order chi connectivity index (χ1) is 13.1. The Labute approximate surface area is 166 Å². The van der Waals surface area contributed by atoms with Crippen LogP contribution in [0.1, 0.15) is 11.6 Å². The number of fused-ring (bicyclic) bond motifs is 1. The number of nitrogens with zero attached hydrogens (tertiary/aromatic N) is 3. The van der Waals surface area contributed by atoms with Gasteiger partial charge in [-0.25, -0.2) is 0 Å². The lowest BCUT2D eigenvalue weighted by Gasteiger charge is -2.15. The van der Waals surface area contributed by atoms with E-state index in [1.807, 2.05) is 23.9 Å². The summed E-state index contributed by atoms with van der Waals surface area (Å²) in [5.41, 5.74) is 2.77. The van der Waals surface area contributed by atoms with Gasteiger partial charge >= 0.3 is 0 Å². The molecule has 2 aliphatic rings. The largest absolute Gasteiger partial charge is 0.348 e. The van der Waals surface area contributed by atoms with Crippen LogP contribution in [0.2, 0.25) is 0 Å². The second kappa shape index (κ2) is 7.53. The van der Waals surface area contributed by atoms with Gasteiger partial charge in [0.25, 0.3) is 5.69 Å². The number of nitrogens with one attached hydrogen (secondary N) is 2. The predicted molar refractivity (Wildman–Crippen MR) is 114 cm³/mol. The maximum Gasteiger partial charge on any atom is 0.269 e. The molecule has 27 heavy (non-hydrogen) atoms. The van der Waals surface area contributed by atoms with Crippen LogP contribution in [0.5, 0.6) is 0 Å². The number of nitro benzene ring substituents is 1. The topological polar surface area (TPSA) is 82.8 Å². The van der Waals surface area contributed by atoms with Crippen LogP contribution in [-0.2, 0) is 0 Å². The SMILES string of the molecule is O=[N+]([O-])c1ccc(NC(=S)Nc2cccc(C3CN4CCSC4=N3)c2)cc1. The van der Waals surface area contributed by atoms with Gasteiger partial charge in [-0.1, -0.05) is 23.9 Å². The van der Waals surface area contributed by atoms with Crippen molar-refractivity contribution in [3.63, 3.8) is 0 Å². The van der Waals surface area contributed by atoms with Crippen molar-refractivity contribution in [1.29, 1.82) is 0 Å². The number of hydrogen-bond acceptors (Lipinski definition) is 6. The Morgan fingerprint density at radius 3 is 2.74 bits per heavy atom. The third-order valence-electron chi connectivity index (χ3n) is 4.39. The van der Waals surface area contributed by atoms with Crippen molar-refractivity contribution < 1.29 is 4.92 Å². The van der Waals surface area contributed by atoms with Gasteiger partial charge < -0.3 is 15.5 Å². The summed E-state index contributed by atoms with van der Waals surface area (Å²) >= 11 is 7.17. The molecule has 1 saturated heterocycles. The van der Waals surface area contributed by atoms with Gasteiger partial charge in [0.05, 0.1) is 11.0 Å². The summed E-state index contributed by atoms with van der Waals surface area (Å²) in [6.07, 6.45) is 0. The maximum atomic E-state index is 10.7. The summed E-state index contributed by atoms with van der Waals surface area (Å²) < 4.78 is 0. The molecule has 0 aliphatic carbocycles. The molecule has 0 spiro atoms. The van der Waals surface area contributed by atoms with Crippen LogP contribution in [0.4, 0.5) is 17.1 Å². The van der Waals surface area contributed by atoms with E-state index in [4.69, 9.17) is 17.2 Å². The molecule has 0 aromatic heterocycles. The van der Waals surface area contributed by atoms with Gasteiger partial charge in [-0.15, -0.1) is 0 Å². The molecule has 0 bridgehead atoms. The number of nitro groups is 1. The van der Waals surface area contributed by atoms with Crippen LogP contribution in [-0.4, -0.2) is 38.9 Å². The third-order valence-corrected chi connectivity index (χ3v) is 5.60. The number of hydrogen-bond donors (Lipinski definition) is 2. The molecule has 1 fully saturated rings. The number of aliphatic imine (C=N–C) groups is 1. The van der Waals surface area contributed by atoms with E-state index < -0.39 is 4.92 Å². The highest BCUT2D eigenvalue weighted by atomic mass is 32.2. The normalized spacial score (nSPS) is 18.0. The second-order valence-electron chi connectivity index (χ2n) is 6.23. The highest BCUT2D eigenvalue weighted by Crippen LogP contribution is 2.33. The lowest BCUT2D eigenvalue weighted by atomic mass is 10.1. The van der Waals surface area contributed by atoms with Crippen LogP contribution in [0.15, 0.2) is 53.5 Å². The fourth-order valence-electron chi connectivity index (χ4n) is 3.07. The van der Waals surface area contributed by atoms with E-state index in [1.165, 1.54) is 12.1 Å². The van der Waals surface area contributed by atoms with E-state index in [1.54, 1.807) is 12.1 Å².